The average Bonchev–Trinajstić information content (AvgIpc) is 2.99. The van der Waals surface area contributed by atoms with Gasteiger partial charge in [-0.1, -0.05) is 30.3 Å². The van der Waals surface area contributed by atoms with Gasteiger partial charge in [-0.15, -0.1) is 0 Å². The van der Waals surface area contributed by atoms with Crippen molar-refractivity contribution in [3.8, 4) is 11.8 Å². The lowest BCUT2D eigenvalue weighted by Crippen LogP contribution is -2.01. The topological polar surface area (TPSA) is 67.9 Å². The van der Waals surface area contributed by atoms with Crippen LogP contribution in [0.2, 0.25) is 0 Å². The number of aryl methyl sites for hydroxylation is 1. The highest BCUT2D eigenvalue weighted by Gasteiger charge is 2.11. The van der Waals surface area contributed by atoms with Crippen LogP contribution < -0.4 is 0 Å². The highest BCUT2D eigenvalue weighted by Crippen LogP contribution is 2.19. The van der Waals surface area contributed by atoms with E-state index in [0.29, 0.717) is 5.56 Å². The fourth-order valence-corrected chi connectivity index (χ4v) is 2.75. The predicted molar refractivity (Wildman–Crippen MR) is 103 cm³/mol. The molecule has 0 aliphatic carbocycles. The van der Waals surface area contributed by atoms with Gasteiger partial charge in [-0.05, 0) is 49.8 Å². The molecule has 5 nitrogen and oxygen atoms in total. The number of hydrogen-bond donors (Lipinski definition) is 0. The van der Waals surface area contributed by atoms with E-state index >= 15 is 0 Å². The van der Waals surface area contributed by atoms with Crippen LogP contribution in [0.1, 0.15) is 28.1 Å². The molecule has 0 fully saturated rings. The summed E-state index contributed by atoms with van der Waals surface area (Å²) in [6.07, 6.45) is 3.15. The van der Waals surface area contributed by atoms with Crippen molar-refractivity contribution in [1.82, 2.24) is 9.78 Å². The molecule has 1 aromatic heterocycles. The molecule has 0 amide bonds. The molecule has 27 heavy (non-hydrogen) atoms. The summed E-state index contributed by atoms with van der Waals surface area (Å²) in [6, 6.07) is 18.8. The van der Waals surface area contributed by atoms with Crippen LogP contribution in [0.3, 0.4) is 0 Å². The van der Waals surface area contributed by atoms with Gasteiger partial charge in [0.05, 0.1) is 23.0 Å². The normalized spacial score (nSPS) is 10.7. The summed E-state index contributed by atoms with van der Waals surface area (Å²) in [6.45, 7) is 4.04. The summed E-state index contributed by atoms with van der Waals surface area (Å²) >= 11 is 0. The van der Waals surface area contributed by atoms with E-state index in [0.717, 1.165) is 28.2 Å². The summed E-state index contributed by atoms with van der Waals surface area (Å²) in [7, 11) is 0. The number of esters is 1. The van der Waals surface area contributed by atoms with E-state index in [2.05, 4.69) is 11.2 Å². The second-order valence-corrected chi connectivity index (χ2v) is 6.08. The first-order chi connectivity index (χ1) is 13.1. The molecule has 134 valence electrons. The van der Waals surface area contributed by atoms with Gasteiger partial charge < -0.3 is 4.74 Å². The first-order valence-electron chi connectivity index (χ1n) is 8.54. The standard InChI is InChI=1S/C22H19N3O2/c1-16-21(17(2)25(24-16)20-6-4-3-5-7-20)12-13-22(26)27-15-19-10-8-18(14-23)9-11-19/h3-13H,15H2,1-2H3/b13-12+. The maximum absolute atomic E-state index is 12.0. The lowest BCUT2D eigenvalue weighted by atomic mass is 10.1. The highest BCUT2D eigenvalue weighted by molar-refractivity contribution is 5.87. The van der Waals surface area contributed by atoms with Gasteiger partial charge in [0, 0.05) is 17.3 Å². The van der Waals surface area contributed by atoms with Crippen molar-refractivity contribution in [3.63, 3.8) is 0 Å². The molecule has 3 aromatic rings. The van der Waals surface area contributed by atoms with E-state index in [1.165, 1.54) is 6.08 Å². The van der Waals surface area contributed by atoms with Crippen LogP contribution in [0.25, 0.3) is 11.8 Å². The minimum absolute atomic E-state index is 0.163. The zero-order valence-corrected chi connectivity index (χ0v) is 15.2. The van der Waals surface area contributed by atoms with Gasteiger partial charge in [0.15, 0.2) is 0 Å². The Morgan fingerprint density at radius 2 is 1.85 bits per heavy atom. The van der Waals surface area contributed by atoms with E-state index in [1.807, 2.05) is 48.9 Å². The van der Waals surface area contributed by atoms with Crippen LogP contribution in [0, 0.1) is 25.2 Å². The summed E-state index contributed by atoms with van der Waals surface area (Å²) in [4.78, 5) is 12.0. The third-order valence-electron chi connectivity index (χ3n) is 4.20. The number of nitrogens with zero attached hydrogens (tertiary/aromatic N) is 3. The number of carbonyl (C=O) groups is 1. The third-order valence-corrected chi connectivity index (χ3v) is 4.20. The molecule has 3 rings (SSSR count). The molecule has 0 saturated carbocycles. The van der Waals surface area contributed by atoms with Crippen molar-refractivity contribution in [2.45, 2.75) is 20.5 Å². The Balaban J connectivity index is 1.67. The first kappa shape index (κ1) is 18.2. The largest absolute Gasteiger partial charge is 0.458 e. The molecule has 0 atom stereocenters. The molecule has 1 heterocycles. The SMILES string of the molecule is Cc1nn(-c2ccccc2)c(C)c1/C=C/C(=O)OCc1ccc(C#N)cc1. The van der Waals surface area contributed by atoms with E-state index < -0.39 is 5.97 Å². The molecule has 0 bridgehead atoms. The number of carbonyl (C=O) groups excluding carboxylic acids is 1. The Hall–Kier alpha value is -3.65. The molecule has 0 spiro atoms. The Labute approximate surface area is 158 Å². The number of aromatic nitrogens is 2. The zero-order valence-electron chi connectivity index (χ0n) is 15.2. The van der Waals surface area contributed by atoms with Gasteiger partial charge >= 0.3 is 5.97 Å². The van der Waals surface area contributed by atoms with Crippen molar-refractivity contribution in [2.75, 3.05) is 0 Å². The minimum Gasteiger partial charge on any atom is -0.458 e. The Kier molecular flexibility index (Phi) is 5.48. The van der Waals surface area contributed by atoms with Gasteiger partial charge in [-0.2, -0.15) is 10.4 Å². The fourth-order valence-electron chi connectivity index (χ4n) is 2.75. The molecule has 0 aliphatic heterocycles. The van der Waals surface area contributed by atoms with Crippen LogP contribution >= 0.6 is 0 Å². The summed E-state index contributed by atoms with van der Waals surface area (Å²) in [5, 5.41) is 13.3. The molecular formula is C22H19N3O2. The average molecular weight is 357 g/mol. The van der Waals surface area contributed by atoms with Gasteiger partial charge in [0.2, 0.25) is 0 Å². The number of benzene rings is 2. The zero-order chi connectivity index (χ0) is 19.2. The molecule has 0 aliphatic rings. The second kappa shape index (κ2) is 8.15. The second-order valence-electron chi connectivity index (χ2n) is 6.08. The van der Waals surface area contributed by atoms with Crippen LogP contribution in [-0.4, -0.2) is 15.7 Å². The monoisotopic (exact) mass is 357 g/mol. The lowest BCUT2D eigenvalue weighted by molar-refractivity contribution is -0.138. The minimum atomic E-state index is -0.425. The Bertz CT molecular complexity index is 1010. The number of hydrogen-bond acceptors (Lipinski definition) is 4. The first-order valence-corrected chi connectivity index (χ1v) is 8.54. The maximum atomic E-state index is 12.0. The number of rotatable bonds is 5. The summed E-state index contributed by atoms with van der Waals surface area (Å²) in [5.74, 6) is -0.425. The Morgan fingerprint density at radius 3 is 2.52 bits per heavy atom. The molecule has 0 unspecified atom stereocenters. The third kappa shape index (κ3) is 4.31. The molecule has 5 heteroatoms. The van der Waals surface area contributed by atoms with Gasteiger partial charge in [0.25, 0.3) is 0 Å². The van der Waals surface area contributed by atoms with Crippen LogP contribution in [0.15, 0.2) is 60.7 Å². The summed E-state index contributed by atoms with van der Waals surface area (Å²) < 4.78 is 7.12. The molecule has 0 saturated heterocycles. The fraction of sp³-hybridized carbons (Fsp3) is 0.136. The van der Waals surface area contributed by atoms with E-state index in [9.17, 15) is 4.79 Å². The van der Waals surface area contributed by atoms with Crippen molar-refractivity contribution in [2.24, 2.45) is 0 Å². The summed E-state index contributed by atoms with van der Waals surface area (Å²) in [5.41, 5.74) is 5.07. The van der Waals surface area contributed by atoms with E-state index in [-0.39, 0.29) is 6.61 Å². The number of para-hydroxylation sites is 1. The van der Waals surface area contributed by atoms with E-state index in [1.54, 1.807) is 30.3 Å². The van der Waals surface area contributed by atoms with Gasteiger partial charge in [0.1, 0.15) is 6.61 Å². The van der Waals surface area contributed by atoms with Crippen LogP contribution in [-0.2, 0) is 16.1 Å². The molecule has 2 aromatic carbocycles. The molecule has 0 N–H and O–H groups in total. The van der Waals surface area contributed by atoms with Crippen LogP contribution in [0.5, 0.6) is 0 Å². The quantitative estimate of drug-likeness (QED) is 0.509. The number of ether oxygens (including phenoxy) is 1. The van der Waals surface area contributed by atoms with Gasteiger partial charge in [-0.25, -0.2) is 9.48 Å². The predicted octanol–water partition coefficient (Wildman–Crippen LogP) is 4.12. The van der Waals surface area contributed by atoms with Crippen molar-refractivity contribution in [1.29, 1.82) is 5.26 Å². The van der Waals surface area contributed by atoms with E-state index in [4.69, 9.17) is 10.00 Å². The highest BCUT2D eigenvalue weighted by atomic mass is 16.5. The molecule has 0 radical (unpaired) electrons. The number of nitriles is 1. The lowest BCUT2D eigenvalue weighted by Gasteiger charge is -2.04. The molecular weight excluding hydrogens is 338 g/mol. The van der Waals surface area contributed by atoms with Crippen LogP contribution in [0.4, 0.5) is 0 Å². The van der Waals surface area contributed by atoms with Crippen molar-refractivity contribution < 1.29 is 9.53 Å². The smallest absolute Gasteiger partial charge is 0.331 e. The Morgan fingerprint density at radius 1 is 1.15 bits per heavy atom. The van der Waals surface area contributed by atoms with Crippen molar-refractivity contribution >= 4 is 12.0 Å². The van der Waals surface area contributed by atoms with Gasteiger partial charge in [-0.3, -0.25) is 0 Å². The maximum Gasteiger partial charge on any atom is 0.331 e. The van der Waals surface area contributed by atoms with Crippen molar-refractivity contribution in [3.05, 3.63) is 88.8 Å².